The molecule has 138 valence electrons. The van der Waals surface area contributed by atoms with Crippen LogP contribution in [0.25, 0.3) is 0 Å². The van der Waals surface area contributed by atoms with Crippen molar-refractivity contribution in [3.05, 3.63) is 51.5 Å². The molecule has 0 aliphatic carbocycles. The first-order valence-corrected chi connectivity index (χ1v) is 9.41. The standard InChI is InChI=1S/C19H28N4S.HI/c1-5-20-19(21-13-18-15(3)23-16(4)24-18)22-14(2)11-12-17-9-7-6-8-10-17;/h6-10,14H,5,11-13H2,1-4H3,(H2,20,21,22);1H. The fourth-order valence-electron chi connectivity index (χ4n) is 2.52. The molecule has 0 amide bonds. The molecule has 0 aliphatic rings. The van der Waals surface area contributed by atoms with Crippen LogP contribution in [0.1, 0.15) is 41.4 Å². The van der Waals surface area contributed by atoms with Gasteiger partial charge in [-0.15, -0.1) is 35.3 Å². The number of thiazole rings is 1. The summed E-state index contributed by atoms with van der Waals surface area (Å²) in [5.74, 6) is 0.878. The summed E-state index contributed by atoms with van der Waals surface area (Å²) in [5.41, 5.74) is 2.47. The number of aliphatic imine (C=N–C) groups is 1. The SMILES string of the molecule is CCNC(=NCc1sc(C)nc1C)NC(C)CCc1ccccc1.I. The first-order chi connectivity index (χ1) is 11.6. The van der Waals surface area contributed by atoms with Crippen molar-refractivity contribution in [3.8, 4) is 0 Å². The molecular formula is C19H29IN4S. The Bertz CT molecular complexity index is 655. The summed E-state index contributed by atoms with van der Waals surface area (Å²) in [6, 6.07) is 11.0. The Morgan fingerprint density at radius 1 is 1.24 bits per heavy atom. The minimum absolute atomic E-state index is 0. The highest BCUT2D eigenvalue weighted by molar-refractivity contribution is 14.0. The van der Waals surface area contributed by atoms with E-state index in [4.69, 9.17) is 4.99 Å². The second kappa shape index (κ2) is 11.5. The van der Waals surface area contributed by atoms with Crippen LogP contribution in [0, 0.1) is 13.8 Å². The third-order valence-electron chi connectivity index (χ3n) is 3.82. The predicted octanol–water partition coefficient (Wildman–Crippen LogP) is 4.45. The van der Waals surface area contributed by atoms with E-state index in [9.17, 15) is 0 Å². The second-order valence-electron chi connectivity index (χ2n) is 6.01. The van der Waals surface area contributed by atoms with Crippen LogP contribution in [0.3, 0.4) is 0 Å². The van der Waals surface area contributed by atoms with Gasteiger partial charge in [0.15, 0.2) is 5.96 Å². The van der Waals surface area contributed by atoms with Crippen LogP contribution in [0.5, 0.6) is 0 Å². The van der Waals surface area contributed by atoms with E-state index in [1.165, 1.54) is 10.4 Å². The van der Waals surface area contributed by atoms with Crippen molar-refractivity contribution >= 4 is 41.3 Å². The van der Waals surface area contributed by atoms with Crippen LogP contribution in [-0.4, -0.2) is 23.5 Å². The van der Waals surface area contributed by atoms with Gasteiger partial charge in [0, 0.05) is 17.5 Å². The minimum atomic E-state index is 0. The molecule has 2 aromatic rings. The van der Waals surface area contributed by atoms with Crippen LogP contribution in [0.15, 0.2) is 35.3 Å². The smallest absolute Gasteiger partial charge is 0.191 e. The molecule has 4 nitrogen and oxygen atoms in total. The van der Waals surface area contributed by atoms with Gasteiger partial charge in [-0.2, -0.15) is 0 Å². The maximum Gasteiger partial charge on any atom is 0.191 e. The third-order valence-corrected chi connectivity index (χ3v) is 4.87. The lowest BCUT2D eigenvalue weighted by Crippen LogP contribution is -2.42. The molecule has 25 heavy (non-hydrogen) atoms. The normalized spacial score (nSPS) is 12.4. The molecular weight excluding hydrogens is 443 g/mol. The molecule has 0 aliphatic heterocycles. The van der Waals surface area contributed by atoms with E-state index in [1.54, 1.807) is 11.3 Å². The Morgan fingerprint density at radius 3 is 2.56 bits per heavy atom. The van der Waals surface area contributed by atoms with Gasteiger partial charge in [0.25, 0.3) is 0 Å². The molecule has 0 spiro atoms. The number of halogens is 1. The highest BCUT2D eigenvalue weighted by Gasteiger charge is 2.08. The number of benzene rings is 1. The van der Waals surface area contributed by atoms with Crippen LogP contribution in [-0.2, 0) is 13.0 Å². The fraction of sp³-hybridized carbons (Fsp3) is 0.474. The van der Waals surface area contributed by atoms with Gasteiger partial charge in [0.1, 0.15) is 0 Å². The lowest BCUT2D eigenvalue weighted by molar-refractivity contribution is 0.593. The highest BCUT2D eigenvalue weighted by atomic mass is 127. The van der Waals surface area contributed by atoms with E-state index in [2.05, 4.69) is 66.7 Å². The van der Waals surface area contributed by atoms with E-state index in [0.29, 0.717) is 12.6 Å². The fourth-order valence-corrected chi connectivity index (χ4v) is 3.39. The molecule has 1 aromatic heterocycles. The lowest BCUT2D eigenvalue weighted by Gasteiger charge is -2.17. The van der Waals surface area contributed by atoms with Crippen molar-refractivity contribution in [1.82, 2.24) is 15.6 Å². The van der Waals surface area contributed by atoms with Gasteiger partial charge in [-0.3, -0.25) is 0 Å². The molecule has 0 saturated carbocycles. The lowest BCUT2D eigenvalue weighted by atomic mass is 10.1. The highest BCUT2D eigenvalue weighted by Crippen LogP contribution is 2.17. The number of aryl methyl sites for hydroxylation is 3. The second-order valence-corrected chi connectivity index (χ2v) is 7.29. The Labute approximate surface area is 172 Å². The van der Waals surface area contributed by atoms with Crippen LogP contribution in [0.2, 0.25) is 0 Å². The number of rotatable bonds is 7. The van der Waals surface area contributed by atoms with E-state index < -0.39 is 0 Å². The molecule has 1 aromatic carbocycles. The zero-order valence-corrected chi connectivity index (χ0v) is 18.7. The van der Waals surface area contributed by atoms with Gasteiger partial charge >= 0.3 is 0 Å². The van der Waals surface area contributed by atoms with Crippen LogP contribution in [0.4, 0.5) is 0 Å². The average molecular weight is 472 g/mol. The van der Waals surface area contributed by atoms with Crippen molar-refractivity contribution < 1.29 is 0 Å². The zero-order chi connectivity index (χ0) is 17.4. The molecule has 1 unspecified atom stereocenters. The van der Waals surface area contributed by atoms with Crippen molar-refractivity contribution in [2.75, 3.05) is 6.54 Å². The van der Waals surface area contributed by atoms with Gasteiger partial charge in [-0.1, -0.05) is 30.3 Å². The molecule has 0 saturated heterocycles. The number of nitrogens with zero attached hydrogens (tertiary/aromatic N) is 2. The first-order valence-electron chi connectivity index (χ1n) is 8.60. The van der Waals surface area contributed by atoms with Crippen LogP contribution >= 0.6 is 35.3 Å². The molecule has 2 N–H and O–H groups in total. The Morgan fingerprint density at radius 2 is 1.96 bits per heavy atom. The summed E-state index contributed by atoms with van der Waals surface area (Å²) in [5, 5.41) is 7.94. The summed E-state index contributed by atoms with van der Waals surface area (Å²) < 4.78 is 0. The predicted molar refractivity (Wildman–Crippen MR) is 119 cm³/mol. The largest absolute Gasteiger partial charge is 0.357 e. The monoisotopic (exact) mass is 472 g/mol. The molecule has 1 heterocycles. The summed E-state index contributed by atoms with van der Waals surface area (Å²) in [7, 11) is 0. The molecule has 6 heteroatoms. The Kier molecular flexibility index (Phi) is 10.0. The number of nitrogens with one attached hydrogen (secondary N) is 2. The van der Waals surface area contributed by atoms with E-state index >= 15 is 0 Å². The molecule has 1 atom stereocenters. The maximum absolute atomic E-state index is 4.72. The quantitative estimate of drug-likeness (QED) is 0.356. The molecule has 0 fully saturated rings. The Hall–Kier alpha value is -1.15. The van der Waals surface area contributed by atoms with Gasteiger partial charge in [0.2, 0.25) is 0 Å². The van der Waals surface area contributed by atoms with Crippen molar-refractivity contribution in [1.29, 1.82) is 0 Å². The summed E-state index contributed by atoms with van der Waals surface area (Å²) >= 11 is 1.73. The first kappa shape index (κ1) is 21.9. The van der Waals surface area contributed by atoms with Gasteiger partial charge in [-0.25, -0.2) is 9.98 Å². The number of guanidine groups is 1. The number of hydrogen-bond donors (Lipinski definition) is 2. The number of aromatic nitrogens is 1. The summed E-state index contributed by atoms with van der Waals surface area (Å²) in [6.07, 6.45) is 2.15. The summed E-state index contributed by atoms with van der Waals surface area (Å²) in [6.45, 7) is 9.93. The minimum Gasteiger partial charge on any atom is -0.357 e. The molecule has 0 radical (unpaired) electrons. The van der Waals surface area contributed by atoms with E-state index in [0.717, 1.165) is 36.0 Å². The van der Waals surface area contributed by atoms with Crippen molar-refractivity contribution in [2.24, 2.45) is 4.99 Å². The van der Waals surface area contributed by atoms with Crippen LogP contribution < -0.4 is 10.6 Å². The Balaban J connectivity index is 0.00000312. The average Bonchev–Trinajstić information content (AvgIpc) is 2.89. The maximum atomic E-state index is 4.72. The summed E-state index contributed by atoms with van der Waals surface area (Å²) in [4.78, 5) is 10.4. The number of hydrogen-bond acceptors (Lipinski definition) is 3. The van der Waals surface area contributed by atoms with Gasteiger partial charge in [0.05, 0.1) is 17.2 Å². The zero-order valence-electron chi connectivity index (χ0n) is 15.5. The molecule has 0 bridgehead atoms. The van der Waals surface area contributed by atoms with Gasteiger partial charge in [-0.05, 0) is 46.1 Å². The topological polar surface area (TPSA) is 49.3 Å². The van der Waals surface area contributed by atoms with Crippen molar-refractivity contribution in [2.45, 2.75) is 53.1 Å². The van der Waals surface area contributed by atoms with Gasteiger partial charge < -0.3 is 10.6 Å². The van der Waals surface area contributed by atoms with Crippen molar-refractivity contribution in [3.63, 3.8) is 0 Å². The third kappa shape index (κ3) is 7.73. The van der Waals surface area contributed by atoms with E-state index in [1.807, 2.05) is 6.92 Å². The van der Waals surface area contributed by atoms with E-state index in [-0.39, 0.29) is 24.0 Å². The molecule has 2 rings (SSSR count).